The lowest BCUT2D eigenvalue weighted by Crippen LogP contribution is -2.53. The highest BCUT2D eigenvalue weighted by Crippen LogP contribution is 2.16. The van der Waals surface area contributed by atoms with Crippen molar-refractivity contribution in [1.29, 1.82) is 5.26 Å². The summed E-state index contributed by atoms with van der Waals surface area (Å²) in [6.07, 6.45) is 1.63. The maximum Gasteiger partial charge on any atom is 0.251 e. The number of nitriles is 1. The van der Waals surface area contributed by atoms with Crippen molar-refractivity contribution in [3.8, 4) is 6.07 Å². The van der Waals surface area contributed by atoms with Crippen molar-refractivity contribution in [2.45, 2.75) is 31.9 Å². The summed E-state index contributed by atoms with van der Waals surface area (Å²) in [7, 11) is 0. The van der Waals surface area contributed by atoms with E-state index in [0.29, 0.717) is 19.7 Å². The third-order valence-corrected chi connectivity index (χ3v) is 3.57. The minimum absolute atomic E-state index is 0.0602. The first-order valence-electron chi connectivity index (χ1n) is 6.26. The maximum atomic E-state index is 12.1. The van der Waals surface area contributed by atoms with E-state index in [4.69, 9.17) is 10.00 Å². The van der Waals surface area contributed by atoms with Crippen LogP contribution in [0.2, 0.25) is 0 Å². The molecule has 17 heavy (non-hydrogen) atoms. The van der Waals surface area contributed by atoms with Gasteiger partial charge >= 0.3 is 0 Å². The highest BCUT2D eigenvalue weighted by molar-refractivity contribution is 5.81. The highest BCUT2D eigenvalue weighted by atomic mass is 16.5. The number of nitrogens with zero attached hydrogens (tertiary/aromatic N) is 3. The first-order valence-corrected chi connectivity index (χ1v) is 6.26. The summed E-state index contributed by atoms with van der Waals surface area (Å²) in [5, 5.41) is 8.84. The zero-order valence-electron chi connectivity index (χ0n) is 10.3. The fourth-order valence-corrected chi connectivity index (χ4v) is 2.39. The molecule has 2 aliphatic heterocycles. The van der Waals surface area contributed by atoms with Crippen LogP contribution in [0, 0.1) is 11.3 Å². The summed E-state index contributed by atoms with van der Waals surface area (Å²) >= 11 is 0. The van der Waals surface area contributed by atoms with Crippen LogP contribution in [0.1, 0.15) is 19.8 Å². The molecule has 2 aliphatic rings. The SMILES string of the molecule is CC(C#N)N1CCN(C(=O)C2CCCO2)CC1. The van der Waals surface area contributed by atoms with Crippen molar-refractivity contribution in [3.05, 3.63) is 0 Å². The van der Waals surface area contributed by atoms with Crippen molar-refractivity contribution in [2.75, 3.05) is 32.8 Å². The molecule has 0 aromatic heterocycles. The number of carbonyl (C=O) groups is 1. The molecule has 5 nitrogen and oxygen atoms in total. The van der Waals surface area contributed by atoms with Crippen LogP contribution in [0.25, 0.3) is 0 Å². The van der Waals surface area contributed by atoms with Crippen LogP contribution < -0.4 is 0 Å². The minimum Gasteiger partial charge on any atom is -0.368 e. The fourth-order valence-electron chi connectivity index (χ4n) is 2.39. The molecule has 0 radical (unpaired) electrons. The van der Waals surface area contributed by atoms with Crippen LogP contribution >= 0.6 is 0 Å². The van der Waals surface area contributed by atoms with E-state index < -0.39 is 0 Å². The quantitative estimate of drug-likeness (QED) is 0.689. The molecule has 94 valence electrons. The van der Waals surface area contributed by atoms with Crippen molar-refractivity contribution >= 4 is 5.91 Å². The van der Waals surface area contributed by atoms with Gasteiger partial charge < -0.3 is 9.64 Å². The molecule has 2 unspecified atom stereocenters. The number of ether oxygens (including phenoxy) is 1. The van der Waals surface area contributed by atoms with E-state index in [1.54, 1.807) is 0 Å². The molecule has 2 heterocycles. The van der Waals surface area contributed by atoms with Crippen LogP contribution in [-0.4, -0.2) is 60.6 Å². The molecule has 0 spiro atoms. The Bertz CT molecular complexity index is 312. The Morgan fingerprint density at radius 2 is 2.12 bits per heavy atom. The van der Waals surface area contributed by atoms with Gasteiger partial charge in [-0.1, -0.05) is 0 Å². The van der Waals surface area contributed by atoms with Crippen molar-refractivity contribution in [3.63, 3.8) is 0 Å². The second-order valence-electron chi connectivity index (χ2n) is 4.67. The van der Waals surface area contributed by atoms with Gasteiger partial charge in [0.1, 0.15) is 6.10 Å². The van der Waals surface area contributed by atoms with Gasteiger partial charge in [0.05, 0.1) is 12.1 Å². The van der Waals surface area contributed by atoms with Crippen LogP contribution in [0.3, 0.4) is 0 Å². The average Bonchev–Trinajstić information content (AvgIpc) is 2.91. The number of piperazine rings is 1. The van der Waals surface area contributed by atoms with Crippen molar-refractivity contribution < 1.29 is 9.53 Å². The average molecular weight is 237 g/mol. The van der Waals surface area contributed by atoms with Crippen LogP contribution in [0.15, 0.2) is 0 Å². The summed E-state index contributed by atoms with van der Waals surface area (Å²) in [5.41, 5.74) is 0. The molecule has 2 atom stereocenters. The van der Waals surface area contributed by atoms with Gasteiger partial charge in [0.25, 0.3) is 5.91 Å². The van der Waals surface area contributed by atoms with Crippen molar-refractivity contribution in [2.24, 2.45) is 0 Å². The highest BCUT2D eigenvalue weighted by Gasteiger charge is 2.31. The fraction of sp³-hybridized carbons (Fsp3) is 0.833. The molecule has 0 aromatic carbocycles. The first kappa shape index (κ1) is 12.3. The number of hydrogen-bond donors (Lipinski definition) is 0. The Hall–Kier alpha value is -1.12. The lowest BCUT2D eigenvalue weighted by molar-refractivity contribution is -0.142. The summed E-state index contributed by atoms with van der Waals surface area (Å²) < 4.78 is 5.41. The van der Waals surface area contributed by atoms with Crippen LogP contribution in [0.4, 0.5) is 0 Å². The van der Waals surface area contributed by atoms with Gasteiger partial charge in [-0.15, -0.1) is 0 Å². The Balaban J connectivity index is 1.82. The third-order valence-electron chi connectivity index (χ3n) is 3.57. The summed E-state index contributed by atoms with van der Waals surface area (Å²) in [6, 6.07) is 2.17. The molecule has 0 aliphatic carbocycles. The molecule has 0 saturated carbocycles. The third kappa shape index (κ3) is 2.76. The van der Waals surface area contributed by atoms with Gasteiger partial charge in [-0.2, -0.15) is 5.26 Å². The van der Waals surface area contributed by atoms with Crippen LogP contribution in [-0.2, 0) is 9.53 Å². The second kappa shape index (κ2) is 5.48. The zero-order chi connectivity index (χ0) is 12.3. The summed E-state index contributed by atoms with van der Waals surface area (Å²) in [4.78, 5) is 16.0. The Morgan fingerprint density at radius 3 is 2.65 bits per heavy atom. The van der Waals surface area contributed by atoms with E-state index in [1.807, 2.05) is 11.8 Å². The first-order chi connectivity index (χ1) is 8.22. The molecule has 0 aromatic rings. The largest absolute Gasteiger partial charge is 0.368 e. The summed E-state index contributed by atoms with van der Waals surface area (Å²) in [5.74, 6) is 0.131. The molecule has 0 bridgehead atoms. The van der Waals surface area contributed by atoms with Gasteiger partial charge in [-0.25, -0.2) is 0 Å². The molecular formula is C12H19N3O2. The predicted molar refractivity (Wildman–Crippen MR) is 62.2 cm³/mol. The van der Waals surface area contributed by atoms with Gasteiger partial charge in [-0.3, -0.25) is 9.69 Å². The van der Waals surface area contributed by atoms with Gasteiger partial charge in [-0.05, 0) is 19.8 Å². The molecule has 0 N–H and O–H groups in total. The predicted octanol–water partition coefficient (Wildman–Crippen LogP) is 0.222. The van der Waals surface area contributed by atoms with Gasteiger partial charge in [0.15, 0.2) is 0 Å². The van der Waals surface area contributed by atoms with Crippen molar-refractivity contribution in [1.82, 2.24) is 9.80 Å². The normalized spacial score (nSPS) is 27.8. The van der Waals surface area contributed by atoms with Gasteiger partial charge in [0.2, 0.25) is 0 Å². The topological polar surface area (TPSA) is 56.6 Å². The zero-order valence-corrected chi connectivity index (χ0v) is 10.3. The lowest BCUT2D eigenvalue weighted by atomic mass is 10.2. The Morgan fingerprint density at radius 1 is 1.41 bits per heavy atom. The smallest absolute Gasteiger partial charge is 0.251 e. The Labute approximate surface area is 102 Å². The summed E-state index contributed by atoms with van der Waals surface area (Å²) in [6.45, 7) is 5.61. The monoisotopic (exact) mass is 237 g/mol. The van der Waals surface area contributed by atoms with E-state index in [0.717, 1.165) is 25.9 Å². The van der Waals surface area contributed by atoms with E-state index in [9.17, 15) is 4.79 Å². The maximum absolute atomic E-state index is 12.1. The van der Waals surface area contributed by atoms with E-state index in [2.05, 4.69) is 11.0 Å². The van der Waals surface area contributed by atoms with E-state index in [-0.39, 0.29) is 18.1 Å². The van der Waals surface area contributed by atoms with E-state index >= 15 is 0 Å². The lowest BCUT2D eigenvalue weighted by Gasteiger charge is -2.36. The molecule has 2 fully saturated rings. The van der Waals surface area contributed by atoms with Gasteiger partial charge in [0, 0.05) is 32.8 Å². The molecule has 2 saturated heterocycles. The minimum atomic E-state index is -0.213. The van der Waals surface area contributed by atoms with E-state index in [1.165, 1.54) is 0 Å². The molecule has 1 amide bonds. The van der Waals surface area contributed by atoms with Crippen LogP contribution in [0.5, 0.6) is 0 Å². The second-order valence-corrected chi connectivity index (χ2v) is 4.67. The number of rotatable bonds is 2. The molecule has 2 rings (SSSR count). The number of carbonyl (C=O) groups excluding carboxylic acids is 1. The Kier molecular flexibility index (Phi) is 3.97. The number of amides is 1. The molecule has 5 heteroatoms. The number of hydrogen-bond acceptors (Lipinski definition) is 4. The molecular weight excluding hydrogens is 218 g/mol. The standard InChI is InChI=1S/C12H19N3O2/c1-10(9-13)14-4-6-15(7-5-14)12(16)11-3-2-8-17-11/h10-11H,2-8H2,1H3.